The number of rotatable bonds is 4. The Morgan fingerprint density at radius 3 is 2.55 bits per heavy atom. The van der Waals surface area contributed by atoms with Gasteiger partial charge in [0.05, 0.1) is 12.1 Å². The van der Waals surface area contributed by atoms with E-state index in [1.807, 2.05) is 25.1 Å². The van der Waals surface area contributed by atoms with E-state index in [2.05, 4.69) is 21.2 Å². The largest absolute Gasteiger partial charge is 0.481 e. The van der Waals surface area contributed by atoms with Crippen molar-refractivity contribution in [3.05, 3.63) is 57.8 Å². The molecular formula is C15H13BrFNO2. The first-order valence-electron chi connectivity index (χ1n) is 5.99. The lowest BCUT2D eigenvalue weighted by Gasteiger charge is -2.11. The van der Waals surface area contributed by atoms with Crippen molar-refractivity contribution in [2.24, 2.45) is 0 Å². The summed E-state index contributed by atoms with van der Waals surface area (Å²) in [7, 11) is 0. The molecule has 104 valence electrons. The summed E-state index contributed by atoms with van der Waals surface area (Å²) in [6.07, 6.45) is -0.186. The monoisotopic (exact) mass is 337 g/mol. The van der Waals surface area contributed by atoms with Crippen molar-refractivity contribution in [1.82, 2.24) is 0 Å². The van der Waals surface area contributed by atoms with Gasteiger partial charge in [0, 0.05) is 10.2 Å². The molecule has 20 heavy (non-hydrogen) atoms. The van der Waals surface area contributed by atoms with Crippen LogP contribution in [-0.4, -0.2) is 11.1 Å². The zero-order valence-corrected chi connectivity index (χ0v) is 12.4. The summed E-state index contributed by atoms with van der Waals surface area (Å²) in [6, 6.07) is 10.0. The molecule has 2 aromatic carbocycles. The molecule has 0 fully saturated rings. The number of carboxylic acids is 1. The molecule has 2 rings (SSSR count). The third kappa shape index (κ3) is 3.57. The van der Waals surface area contributed by atoms with Gasteiger partial charge in [-0.05, 0) is 48.4 Å². The van der Waals surface area contributed by atoms with Gasteiger partial charge in [-0.25, -0.2) is 4.39 Å². The van der Waals surface area contributed by atoms with Crippen molar-refractivity contribution in [3.63, 3.8) is 0 Å². The lowest BCUT2D eigenvalue weighted by molar-refractivity contribution is -0.136. The minimum Gasteiger partial charge on any atom is -0.481 e. The molecule has 0 atom stereocenters. The van der Waals surface area contributed by atoms with Crippen LogP contribution in [0, 0.1) is 12.7 Å². The third-order valence-corrected chi connectivity index (χ3v) is 3.34. The van der Waals surface area contributed by atoms with Crippen molar-refractivity contribution in [2.75, 3.05) is 5.32 Å². The fourth-order valence-electron chi connectivity index (χ4n) is 1.86. The zero-order chi connectivity index (χ0) is 14.7. The van der Waals surface area contributed by atoms with Crippen LogP contribution in [0.1, 0.15) is 11.1 Å². The van der Waals surface area contributed by atoms with Crippen molar-refractivity contribution in [3.8, 4) is 0 Å². The second-order valence-electron chi connectivity index (χ2n) is 4.47. The van der Waals surface area contributed by atoms with Gasteiger partial charge in [0.25, 0.3) is 0 Å². The maximum absolute atomic E-state index is 13.9. The Bertz CT molecular complexity index is 658. The van der Waals surface area contributed by atoms with Crippen LogP contribution in [0.15, 0.2) is 40.9 Å². The van der Waals surface area contributed by atoms with Gasteiger partial charge in [0.2, 0.25) is 0 Å². The summed E-state index contributed by atoms with van der Waals surface area (Å²) in [5, 5.41) is 11.7. The molecular weight excluding hydrogens is 325 g/mol. The predicted octanol–water partition coefficient (Wildman–Crippen LogP) is 4.27. The lowest BCUT2D eigenvalue weighted by Crippen LogP contribution is -2.02. The molecule has 0 aliphatic heterocycles. The van der Waals surface area contributed by atoms with Crippen LogP contribution < -0.4 is 5.32 Å². The smallest absolute Gasteiger partial charge is 0.307 e. The minimum absolute atomic E-state index is 0.186. The molecule has 0 bridgehead atoms. The van der Waals surface area contributed by atoms with E-state index in [-0.39, 0.29) is 6.42 Å². The number of hydrogen-bond acceptors (Lipinski definition) is 2. The molecule has 0 aliphatic carbocycles. The average Bonchev–Trinajstić information content (AvgIpc) is 2.34. The molecule has 0 aromatic heterocycles. The first-order chi connectivity index (χ1) is 9.45. The number of benzene rings is 2. The molecule has 0 aliphatic rings. The van der Waals surface area contributed by atoms with Crippen LogP contribution in [-0.2, 0) is 11.2 Å². The van der Waals surface area contributed by atoms with Crippen molar-refractivity contribution >= 4 is 33.3 Å². The Labute approximate surface area is 124 Å². The number of hydrogen-bond donors (Lipinski definition) is 2. The SMILES string of the molecule is Cc1cc(Br)ccc1Nc1ccc(CC(=O)O)cc1F. The van der Waals surface area contributed by atoms with E-state index in [0.717, 1.165) is 15.7 Å². The van der Waals surface area contributed by atoms with E-state index in [4.69, 9.17) is 5.11 Å². The highest BCUT2D eigenvalue weighted by atomic mass is 79.9. The topological polar surface area (TPSA) is 49.3 Å². The molecule has 0 amide bonds. The Kier molecular flexibility index (Phi) is 4.39. The van der Waals surface area contributed by atoms with Crippen LogP contribution in [0.5, 0.6) is 0 Å². The highest BCUT2D eigenvalue weighted by Gasteiger charge is 2.08. The Hall–Kier alpha value is -1.88. The van der Waals surface area contributed by atoms with Crippen molar-refractivity contribution < 1.29 is 14.3 Å². The summed E-state index contributed by atoms with van der Waals surface area (Å²) >= 11 is 3.37. The first kappa shape index (κ1) is 14.5. The quantitative estimate of drug-likeness (QED) is 0.875. The summed E-state index contributed by atoms with van der Waals surface area (Å²) < 4.78 is 14.9. The van der Waals surface area contributed by atoms with Crippen LogP contribution in [0.3, 0.4) is 0 Å². The Morgan fingerprint density at radius 1 is 1.25 bits per heavy atom. The van der Waals surface area contributed by atoms with Gasteiger partial charge in [-0.2, -0.15) is 0 Å². The second kappa shape index (κ2) is 6.05. The fraction of sp³-hybridized carbons (Fsp3) is 0.133. The van der Waals surface area contributed by atoms with E-state index in [9.17, 15) is 9.18 Å². The maximum atomic E-state index is 13.9. The van der Waals surface area contributed by atoms with Crippen molar-refractivity contribution in [2.45, 2.75) is 13.3 Å². The fourth-order valence-corrected chi connectivity index (χ4v) is 2.33. The molecule has 0 radical (unpaired) electrons. The van der Waals surface area contributed by atoms with Gasteiger partial charge in [0.1, 0.15) is 5.82 Å². The first-order valence-corrected chi connectivity index (χ1v) is 6.78. The molecule has 2 N–H and O–H groups in total. The predicted molar refractivity (Wildman–Crippen MR) is 79.9 cm³/mol. The van der Waals surface area contributed by atoms with E-state index in [0.29, 0.717) is 11.3 Å². The van der Waals surface area contributed by atoms with E-state index < -0.39 is 11.8 Å². The summed E-state index contributed by atoms with van der Waals surface area (Å²) in [5.74, 6) is -1.44. The Morgan fingerprint density at radius 2 is 1.95 bits per heavy atom. The molecule has 0 spiro atoms. The highest BCUT2D eigenvalue weighted by molar-refractivity contribution is 9.10. The van der Waals surface area contributed by atoms with Gasteiger partial charge in [0.15, 0.2) is 0 Å². The summed E-state index contributed by atoms with van der Waals surface area (Å²) in [4.78, 5) is 10.6. The molecule has 5 heteroatoms. The van der Waals surface area contributed by atoms with Gasteiger partial charge in [-0.15, -0.1) is 0 Å². The van der Waals surface area contributed by atoms with Gasteiger partial charge in [-0.1, -0.05) is 22.0 Å². The van der Waals surface area contributed by atoms with E-state index >= 15 is 0 Å². The Balaban J connectivity index is 2.23. The number of halogens is 2. The summed E-state index contributed by atoms with van der Waals surface area (Å²) in [6.45, 7) is 1.92. The van der Waals surface area contributed by atoms with Crippen LogP contribution >= 0.6 is 15.9 Å². The number of carboxylic acid groups (broad SMARTS) is 1. The van der Waals surface area contributed by atoms with Gasteiger partial charge in [-0.3, -0.25) is 4.79 Å². The van der Waals surface area contributed by atoms with Crippen LogP contribution in [0.4, 0.5) is 15.8 Å². The van der Waals surface area contributed by atoms with Crippen molar-refractivity contribution in [1.29, 1.82) is 0 Å². The minimum atomic E-state index is -0.978. The number of anilines is 2. The normalized spacial score (nSPS) is 10.3. The molecule has 0 saturated heterocycles. The molecule has 0 unspecified atom stereocenters. The van der Waals surface area contributed by atoms with Gasteiger partial charge < -0.3 is 10.4 Å². The van der Waals surface area contributed by atoms with E-state index in [1.54, 1.807) is 12.1 Å². The number of aliphatic carboxylic acids is 1. The molecule has 0 saturated carbocycles. The van der Waals surface area contributed by atoms with Gasteiger partial charge >= 0.3 is 5.97 Å². The molecule has 2 aromatic rings. The highest BCUT2D eigenvalue weighted by Crippen LogP contribution is 2.25. The average molecular weight is 338 g/mol. The summed E-state index contributed by atoms with van der Waals surface area (Å²) in [5.41, 5.74) is 2.55. The van der Waals surface area contributed by atoms with Crippen LogP contribution in [0.2, 0.25) is 0 Å². The number of aryl methyl sites for hydroxylation is 1. The maximum Gasteiger partial charge on any atom is 0.307 e. The van der Waals surface area contributed by atoms with E-state index in [1.165, 1.54) is 6.07 Å². The molecule has 0 heterocycles. The molecule has 3 nitrogen and oxygen atoms in total. The third-order valence-electron chi connectivity index (χ3n) is 2.85. The number of nitrogens with one attached hydrogen (secondary N) is 1. The van der Waals surface area contributed by atoms with Crippen LogP contribution in [0.25, 0.3) is 0 Å². The number of carbonyl (C=O) groups is 1. The lowest BCUT2D eigenvalue weighted by atomic mass is 10.1. The standard InChI is InChI=1S/C15H13BrFNO2/c1-9-6-11(16)3-5-13(9)18-14-4-2-10(7-12(14)17)8-15(19)20/h2-7,18H,8H2,1H3,(H,19,20). The second-order valence-corrected chi connectivity index (χ2v) is 5.38. The zero-order valence-electron chi connectivity index (χ0n) is 10.8.